The van der Waals surface area contributed by atoms with Gasteiger partial charge in [0.15, 0.2) is 0 Å². The predicted octanol–water partition coefficient (Wildman–Crippen LogP) is 0.299. The van der Waals surface area contributed by atoms with Gasteiger partial charge in [0.2, 0.25) is 10.0 Å². The average molecular weight is 300 g/mol. The minimum absolute atomic E-state index is 0.184. The summed E-state index contributed by atoms with van der Waals surface area (Å²) in [5, 5.41) is 4.79. The van der Waals surface area contributed by atoms with Crippen molar-refractivity contribution >= 4 is 21.8 Å². The van der Waals surface area contributed by atoms with Gasteiger partial charge in [-0.3, -0.25) is 14.5 Å². The van der Waals surface area contributed by atoms with Crippen molar-refractivity contribution in [2.75, 3.05) is 12.3 Å². The molecule has 0 aromatic heterocycles. The number of hydrogen-bond donors (Lipinski definition) is 1. The van der Waals surface area contributed by atoms with E-state index in [1.165, 1.54) is 12.1 Å². The number of sulfonamides is 1. The first-order valence-corrected chi connectivity index (χ1v) is 7.47. The van der Waals surface area contributed by atoms with Gasteiger partial charge in [0, 0.05) is 0 Å². The normalized spacial score (nSPS) is 18.1. The molecule has 1 aromatic rings. The molecule has 20 heavy (non-hydrogen) atoms. The maximum atomic E-state index is 14.2. The van der Waals surface area contributed by atoms with E-state index in [9.17, 15) is 22.4 Å². The van der Waals surface area contributed by atoms with Gasteiger partial charge in [0.1, 0.15) is 5.67 Å². The van der Waals surface area contributed by atoms with Gasteiger partial charge in [-0.15, -0.1) is 0 Å². The first kappa shape index (κ1) is 14.6. The maximum absolute atomic E-state index is 14.2. The van der Waals surface area contributed by atoms with Crippen LogP contribution in [0.1, 0.15) is 27.6 Å². The number of fused-ring (bicyclic) bond motifs is 1. The van der Waals surface area contributed by atoms with Crippen LogP contribution in [0.15, 0.2) is 24.3 Å². The largest absolute Gasteiger partial charge is 0.271 e. The fourth-order valence-electron chi connectivity index (χ4n) is 2.18. The standard InChI is InChI=1S/C12H13FN2O4S/c1-12(13,7-20(14,18)19)6-15-10(16)8-4-2-3-5-9(8)11(15)17/h2-5H,6-7H2,1H3,(H2,14,18,19). The Bertz CT molecular complexity index is 649. The highest BCUT2D eigenvalue weighted by atomic mass is 32.2. The summed E-state index contributed by atoms with van der Waals surface area (Å²) in [6, 6.07) is 6.11. The number of rotatable bonds is 4. The molecular weight excluding hydrogens is 287 g/mol. The van der Waals surface area contributed by atoms with Crippen LogP contribution >= 0.6 is 0 Å². The molecule has 2 rings (SSSR count). The minimum Gasteiger partial charge on any atom is -0.271 e. The zero-order valence-corrected chi connectivity index (χ0v) is 11.5. The summed E-state index contributed by atoms with van der Waals surface area (Å²) >= 11 is 0. The summed E-state index contributed by atoms with van der Waals surface area (Å²) in [7, 11) is -4.05. The molecule has 2 amide bonds. The third kappa shape index (κ3) is 2.86. The van der Waals surface area contributed by atoms with Crippen LogP contribution in [0.4, 0.5) is 4.39 Å². The second-order valence-electron chi connectivity index (χ2n) is 4.96. The van der Waals surface area contributed by atoms with Crippen molar-refractivity contribution < 1.29 is 22.4 Å². The monoisotopic (exact) mass is 300 g/mol. The molecule has 1 aliphatic rings. The third-order valence-electron chi connectivity index (χ3n) is 2.87. The number of carbonyl (C=O) groups excluding carboxylic acids is 2. The second-order valence-corrected chi connectivity index (χ2v) is 6.58. The smallest absolute Gasteiger partial charge is 0.261 e. The maximum Gasteiger partial charge on any atom is 0.261 e. The predicted molar refractivity (Wildman–Crippen MR) is 69.3 cm³/mol. The summed E-state index contributed by atoms with van der Waals surface area (Å²) in [6.45, 7) is 0.330. The number of alkyl halides is 1. The van der Waals surface area contributed by atoms with Crippen molar-refractivity contribution in [2.24, 2.45) is 5.14 Å². The number of benzene rings is 1. The highest BCUT2D eigenvalue weighted by Crippen LogP contribution is 2.25. The van der Waals surface area contributed by atoms with Crippen LogP contribution in [0.25, 0.3) is 0 Å². The van der Waals surface area contributed by atoms with Crippen molar-refractivity contribution in [3.63, 3.8) is 0 Å². The van der Waals surface area contributed by atoms with Gasteiger partial charge in [0.25, 0.3) is 11.8 Å². The summed E-state index contributed by atoms with van der Waals surface area (Å²) in [5.74, 6) is -2.24. The van der Waals surface area contributed by atoms with Crippen molar-refractivity contribution in [3.8, 4) is 0 Å². The van der Waals surface area contributed by atoms with E-state index in [0.29, 0.717) is 4.90 Å². The van der Waals surface area contributed by atoms with Crippen molar-refractivity contribution in [2.45, 2.75) is 12.6 Å². The molecule has 1 aliphatic heterocycles. The van der Waals surface area contributed by atoms with Crippen molar-refractivity contribution in [1.82, 2.24) is 4.90 Å². The lowest BCUT2D eigenvalue weighted by atomic mass is 10.1. The van der Waals surface area contributed by atoms with Gasteiger partial charge in [0.05, 0.1) is 23.4 Å². The second kappa shape index (κ2) is 4.64. The van der Waals surface area contributed by atoms with E-state index in [0.717, 1.165) is 6.92 Å². The first-order valence-electron chi connectivity index (χ1n) is 5.75. The topological polar surface area (TPSA) is 97.5 Å². The van der Waals surface area contributed by atoms with Gasteiger partial charge in [-0.1, -0.05) is 12.1 Å². The number of imide groups is 1. The van der Waals surface area contributed by atoms with Crippen molar-refractivity contribution in [1.29, 1.82) is 0 Å². The van der Waals surface area contributed by atoms with Crippen LogP contribution < -0.4 is 5.14 Å². The van der Waals surface area contributed by atoms with E-state index >= 15 is 0 Å². The Hall–Kier alpha value is -1.80. The summed E-state index contributed by atoms with van der Waals surface area (Å²) < 4.78 is 36.1. The number of carbonyl (C=O) groups is 2. The molecule has 108 valence electrons. The summed E-state index contributed by atoms with van der Waals surface area (Å²) in [6.07, 6.45) is 0. The van der Waals surface area contributed by atoms with Crippen LogP contribution in [0, 0.1) is 0 Å². The van der Waals surface area contributed by atoms with Gasteiger partial charge >= 0.3 is 0 Å². The Morgan fingerprint density at radius 2 is 1.65 bits per heavy atom. The van der Waals surface area contributed by atoms with Crippen LogP contribution in [0.2, 0.25) is 0 Å². The third-order valence-corrected chi connectivity index (χ3v) is 3.87. The molecule has 8 heteroatoms. The Labute approximate surface area is 115 Å². The number of halogens is 1. The fraction of sp³-hybridized carbons (Fsp3) is 0.333. The highest BCUT2D eigenvalue weighted by Gasteiger charge is 2.41. The molecule has 6 nitrogen and oxygen atoms in total. The first-order chi connectivity index (χ1) is 9.11. The van der Waals surface area contributed by atoms with E-state index < -0.39 is 39.8 Å². The fourth-order valence-corrected chi connectivity index (χ4v) is 3.11. The molecule has 0 fully saturated rings. The van der Waals surface area contributed by atoms with Crippen LogP contribution in [0.3, 0.4) is 0 Å². The Balaban J connectivity index is 2.25. The molecule has 1 heterocycles. The zero-order valence-electron chi connectivity index (χ0n) is 10.7. The quantitative estimate of drug-likeness (QED) is 0.809. The average Bonchev–Trinajstić information content (AvgIpc) is 2.52. The van der Waals surface area contributed by atoms with Gasteiger partial charge in [-0.2, -0.15) is 0 Å². The molecule has 0 spiro atoms. The van der Waals surface area contributed by atoms with E-state index in [-0.39, 0.29) is 11.1 Å². The molecule has 0 saturated heterocycles. The SMILES string of the molecule is CC(F)(CN1C(=O)c2ccccc2C1=O)CS(N)(=O)=O. The number of hydrogen-bond acceptors (Lipinski definition) is 4. The van der Waals surface area contributed by atoms with Gasteiger partial charge in [-0.05, 0) is 19.1 Å². The summed E-state index contributed by atoms with van der Waals surface area (Å²) in [5.41, 5.74) is -1.94. The van der Waals surface area contributed by atoms with E-state index in [1.807, 2.05) is 0 Å². The molecule has 1 aromatic carbocycles. The van der Waals surface area contributed by atoms with Gasteiger partial charge < -0.3 is 0 Å². The molecule has 0 aliphatic carbocycles. The lowest BCUT2D eigenvalue weighted by Gasteiger charge is -2.24. The molecular formula is C12H13FN2O4S. The van der Waals surface area contributed by atoms with Crippen LogP contribution in [0.5, 0.6) is 0 Å². The van der Waals surface area contributed by atoms with E-state index in [4.69, 9.17) is 5.14 Å². The number of primary sulfonamides is 1. The van der Waals surface area contributed by atoms with E-state index in [2.05, 4.69) is 0 Å². The number of nitrogens with two attached hydrogens (primary N) is 1. The van der Waals surface area contributed by atoms with Crippen LogP contribution in [-0.4, -0.2) is 43.1 Å². The molecule has 0 bridgehead atoms. The van der Waals surface area contributed by atoms with Crippen molar-refractivity contribution in [3.05, 3.63) is 35.4 Å². The van der Waals surface area contributed by atoms with E-state index in [1.54, 1.807) is 12.1 Å². The molecule has 2 N–H and O–H groups in total. The van der Waals surface area contributed by atoms with Crippen LogP contribution in [-0.2, 0) is 10.0 Å². The lowest BCUT2D eigenvalue weighted by Crippen LogP contribution is -2.46. The Morgan fingerprint density at radius 3 is 2.05 bits per heavy atom. The molecule has 0 saturated carbocycles. The molecule has 1 atom stereocenters. The molecule has 0 radical (unpaired) electrons. The minimum atomic E-state index is -4.05. The number of amides is 2. The Morgan fingerprint density at radius 1 is 1.20 bits per heavy atom. The highest BCUT2D eigenvalue weighted by molar-refractivity contribution is 7.89. The lowest BCUT2D eigenvalue weighted by molar-refractivity contribution is 0.0550. The zero-order chi connectivity index (χ0) is 15.1. The van der Waals surface area contributed by atoms with Gasteiger partial charge in [-0.25, -0.2) is 17.9 Å². The number of nitrogens with zero attached hydrogens (tertiary/aromatic N) is 1. The molecule has 1 unspecified atom stereocenters. The summed E-state index contributed by atoms with van der Waals surface area (Å²) in [4.78, 5) is 24.7. The Kier molecular flexibility index (Phi) is 3.39.